The van der Waals surface area contributed by atoms with E-state index in [1.165, 1.54) is 20.3 Å². The molecule has 1 aliphatic rings. The fourth-order valence-electron chi connectivity index (χ4n) is 4.63. The van der Waals surface area contributed by atoms with Gasteiger partial charge in [-0.2, -0.15) is 0 Å². The summed E-state index contributed by atoms with van der Waals surface area (Å²) in [6.07, 6.45) is 0. The maximum Gasteiger partial charge on any atom is 0.234 e. The van der Waals surface area contributed by atoms with Crippen molar-refractivity contribution in [3.63, 3.8) is 0 Å². The summed E-state index contributed by atoms with van der Waals surface area (Å²) in [6.45, 7) is 7.12. The number of nitrogens with one attached hydrogen (secondary N) is 1. The van der Waals surface area contributed by atoms with Crippen molar-refractivity contribution in [1.82, 2.24) is 9.88 Å². The van der Waals surface area contributed by atoms with Crippen molar-refractivity contribution in [1.29, 1.82) is 0 Å². The Morgan fingerprint density at radius 1 is 1.03 bits per heavy atom. The number of aromatic nitrogens is 1. The molecule has 1 aliphatic heterocycles. The predicted molar refractivity (Wildman–Crippen MR) is 145 cm³/mol. The normalized spacial score (nSPS) is 14.0. The number of fused-ring (bicyclic) bond motifs is 1. The Kier molecular flexibility index (Phi) is 7.25. The van der Waals surface area contributed by atoms with E-state index in [-0.39, 0.29) is 22.8 Å². The van der Waals surface area contributed by atoms with Crippen LogP contribution in [0.1, 0.15) is 23.0 Å². The molecule has 39 heavy (non-hydrogen) atoms. The number of likely N-dealkylation sites (N-methyl/N-ethyl adjacent to an activating group) is 1. The molecule has 204 valence electrons. The number of pyridine rings is 1. The monoisotopic (exact) mass is 537 g/mol. The van der Waals surface area contributed by atoms with Gasteiger partial charge >= 0.3 is 0 Å². The van der Waals surface area contributed by atoms with Gasteiger partial charge in [0.1, 0.15) is 16.9 Å². The van der Waals surface area contributed by atoms with E-state index in [0.29, 0.717) is 22.7 Å². The number of hydrogen-bond donors (Lipinski definition) is 2. The number of methoxy groups -OCH3 is 2. The molecule has 0 unspecified atom stereocenters. The van der Waals surface area contributed by atoms with Gasteiger partial charge in [-0.25, -0.2) is 13.8 Å². The van der Waals surface area contributed by atoms with Crippen LogP contribution in [0.15, 0.2) is 46.9 Å². The number of nitrogens with two attached hydrogens (primary N) is 1. The number of rotatable bonds is 8. The standard InChI is InChI=1S/C28H29F2N5O4/c1-4-34-9-11-35(12-10-34)16-5-6-18(17(31)13-16)32-24-8-7-20-19(33-24)14-23(39-20)28(36)25-26(29)21(37-2)15-22(38-3)27(25)30/h5-8,13-15H,4,9-12,31H2,1-3H3,(H,32,33). The average Bonchev–Trinajstić information content (AvgIpc) is 3.38. The topological polar surface area (TPSA) is 106 Å². The maximum atomic E-state index is 14.8. The van der Waals surface area contributed by atoms with Crippen LogP contribution in [0, 0.1) is 11.6 Å². The van der Waals surface area contributed by atoms with Crippen molar-refractivity contribution < 1.29 is 27.5 Å². The summed E-state index contributed by atoms with van der Waals surface area (Å²) in [5, 5.41) is 3.19. The number of anilines is 4. The molecule has 3 heterocycles. The van der Waals surface area contributed by atoms with Crippen LogP contribution in [0.2, 0.25) is 0 Å². The van der Waals surface area contributed by atoms with Gasteiger partial charge in [0.05, 0.1) is 25.6 Å². The largest absolute Gasteiger partial charge is 0.494 e. The first-order valence-electron chi connectivity index (χ1n) is 12.5. The number of benzene rings is 2. The lowest BCUT2D eigenvalue weighted by Crippen LogP contribution is -2.46. The summed E-state index contributed by atoms with van der Waals surface area (Å²) in [7, 11) is 2.41. The zero-order valence-electron chi connectivity index (χ0n) is 21.9. The molecule has 0 amide bonds. The minimum absolute atomic E-state index is 0.272. The number of ketones is 1. The third-order valence-corrected chi connectivity index (χ3v) is 6.88. The molecule has 0 bridgehead atoms. The molecule has 3 N–H and O–H groups in total. The molecule has 1 fully saturated rings. The van der Waals surface area contributed by atoms with Crippen LogP contribution < -0.4 is 25.4 Å². The van der Waals surface area contributed by atoms with Crippen molar-refractivity contribution >= 4 is 39.8 Å². The second kappa shape index (κ2) is 10.8. The van der Waals surface area contributed by atoms with Gasteiger partial charge < -0.3 is 34.7 Å². The Labute approximate surface area is 224 Å². The zero-order chi connectivity index (χ0) is 27.7. The second-order valence-corrected chi connectivity index (χ2v) is 9.12. The molecule has 9 nitrogen and oxygen atoms in total. The number of nitrogen functional groups attached to an aromatic ring is 1. The highest BCUT2D eigenvalue weighted by Crippen LogP contribution is 2.34. The molecule has 0 atom stereocenters. The van der Waals surface area contributed by atoms with Gasteiger partial charge in [-0.1, -0.05) is 6.92 Å². The highest BCUT2D eigenvalue weighted by atomic mass is 19.1. The van der Waals surface area contributed by atoms with Crippen LogP contribution in [0.3, 0.4) is 0 Å². The molecule has 4 aromatic rings. The molecule has 5 rings (SSSR count). The predicted octanol–water partition coefficient (Wildman–Crippen LogP) is 4.82. The van der Waals surface area contributed by atoms with Gasteiger partial charge in [0.15, 0.2) is 34.5 Å². The lowest BCUT2D eigenvalue weighted by molar-refractivity contribution is 0.100. The van der Waals surface area contributed by atoms with Gasteiger partial charge in [-0.05, 0) is 36.9 Å². The van der Waals surface area contributed by atoms with E-state index in [0.717, 1.165) is 44.5 Å². The first kappa shape index (κ1) is 26.2. The van der Waals surface area contributed by atoms with Crippen molar-refractivity contribution in [3.8, 4) is 11.5 Å². The Hall–Kier alpha value is -4.38. The Balaban J connectivity index is 1.37. The van der Waals surface area contributed by atoms with Crippen LogP contribution in [-0.4, -0.2) is 62.6 Å². The van der Waals surface area contributed by atoms with Crippen LogP contribution in [0.4, 0.5) is 31.7 Å². The molecule has 0 aliphatic carbocycles. The summed E-state index contributed by atoms with van der Waals surface area (Å²) in [5.74, 6) is -3.79. The van der Waals surface area contributed by atoms with Crippen LogP contribution in [0.25, 0.3) is 11.1 Å². The summed E-state index contributed by atoms with van der Waals surface area (Å²) in [4.78, 5) is 22.3. The molecule has 0 saturated carbocycles. The number of piperazine rings is 1. The van der Waals surface area contributed by atoms with E-state index in [1.807, 2.05) is 18.2 Å². The van der Waals surface area contributed by atoms with E-state index in [9.17, 15) is 13.6 Å². The first-order chi connectivity index (χ1) is 18.8. The molecule has 2 aromatic heterocycles. The van der Waals surface area contributed by atoms with Crippen molar-refractivity contribution in [2.24, 2.45) is 0 Å². The van der Waals surface area contributed by atoms with Crippen molar-refractivity contribution in [3.05, 3.63) is 65.4 Å². The van der Waals surface area contributed by atoms with Gasteiger partial charge in [-0.3, -0.25) is 4.79 Å². The third kappa shape index (κ3) is 5.05. The number of carbonyl (C=O) groups is 1. The summed E-state index contributed by atoms with van der Waals surface area (Å²) < 4.78 is 45.1. The highest BCUT2D eigenvalue weighted by Gasteiger charge is 2.28. The number of ether oxygens (including phenoxy) is 2. The lowest BCUT2D eigenvalue weighted by Gasteiger charge is -2.35. The van der Waals surface area contributed by atoms with E-state index in [1.54, 1.807) is 12.1 Å². The fraction of sp³-hybridized carbons (Fsp3) is 0.286. The van der Waals surface area contributed by atoms with E-state index >= 15 is 0 Å². The maximum absolute atomic E-state index is 14.8. The summed E-state index contributed by atoms with van der Waals surface area (Å²) in [6, 6.07) is 11.5. The lowest BCUT2D eigenvalue weighted by atomic mass is 10.1. The number of halogens is 2. The zero-order valence-corrected chi connectivity index (χ0v) is 21.9. The molecule has 2 aromatic carbocycles. The van der Waals surface area contributed by atoms with Gasteiger partial charge in [0.2, 0.25) is 5.78 Å². The van der Waals surface area contributed by atoms with Gasteiger partial charge in [0, 0.05) is 44.0 Å². The Morgan fingerprint density at radius 3 is 2.33 bits per heavy atom. The number of furan rings is 1. The molecular weight excluding hydrogens is 508 g/mol. The van der Waals surface area contributed by atoms with Gasteiger partial charge in [0.25, 0.3) is 0 Å². The summed E-state index contributed by atoms with van der Waals surface area (Å²) in [5.41, 5.74) is 8.39. The second-order valence-electron chi connectivity index (χ2n) is 9.12. The highest BCUT2D eigenvalue weighted by molar-refractivity contribution is 6.09. The van der Waals surface area contributed by atoms with Crippen LogP contribution >= 0.6 is 0 Å². The minimum atomic E-state index is -1.15. The fourth-order valence-corrected chi connectivity index (χ4v) is 4.63. The van der Waals surface area contributed by atoms with Crippen molar-refractivity contribution in [2.45, 2.75) is 6.92 Å². The molecule has 0 radical (unpaired) electrons. The van der Waals surface area contributed by atoms with E-state index < -0.39 is 23.0 Å². The van der Waals surface area contributed by atoms with Gasteiger partial charge in [-0.15, -0.1) is 0 Å². The smallest absolute Gasteiger partial charge is 0.234 e. The molecule has 11 heteroatoms. The number of hydrogen-bond acceptors (Lipinski definition) is 9. The minimum Gasteiger partial charge on any atom is -0.494 e. The quantitative estimate of drug-likeness (QED) is 0.242. The SMILES string of the molecule is CCN1CCN(c2ccc(Nc3ccc4oc(C(=O)c5c(F)c(OC)cc(OC)c5F)cc4n3)c(N)c2)CC1. The Morgan fingerprint density at radius 2 is 1.72 bits per heavy atom. The third-order valence-electron chi connectivity index (χ3n) is 6.88. The average molecular weight is 538 g/mol. The van der Waals surface area contributed by atoms with Crippen molar-refractivity contribution in [2.75, 3.05) is 62.9 Å². The van der Waals surface area contributed by atoms with E-state index in [4.69, 9.17) is 19.6 Å². The molecule has 1 saturated heterocycles. The number of carbonyl (C=O) groups excluding carboxylic acids is 1. The first-order valence-corrected chi connectivity index (χ1v) is 12.5. The van der Waals surface area contributed by atoms with Crippen LogP contribution in [0.5, 0.6) is 11.5 Å². The Bertz CT molecular complexity index is 1500. The van der Waals surface area contributed by atoms with E-state index in [2.05, 4.69) is 27.0 Å². The molecular formula is C28H29F2N5O4. The summed E-state index contributed by atoms with van der Waals surface area (Å²) >= 11 is 0. The number of nitrogens with zero attached hydrogens (tertiary/aromatic N) is 3. The van der Waals surface area contributed by atoms with Crippen LogP contribution in [-0.2, 0) is 0 Å². The molecule has 0 spiro atoms.